The molecule has 1 heterocycles. The van der Waals surface area contributed by atoms with Crippen LogP contribution in [0.25, 0.3) is 0 Å². The summed E-state index contributed by atoms with van der Waals surface area (Å²) in [4.78, 5) is 0.0866. The number of aromatic nitrogens is 2. The molecule has 0 saturated heterocycles. The quantitative estimate of drug-likeness (QED) is 0.666. The number of methoxy groups -OCH3 is 2. The Morgan fingerprint density at radius 1 is 1.29 bits per heavy atom. The average Bonchev–Trinajstić information content (AvgIpc) is 2.89. The Hall–Kier alpha value is -1.58. The third kappa shape index (κ3) is 4.49. The van der Waals surface area contributed by atoms with Crippen LogP contribution in [0.3, 0.4) is 0 Å². The zero-order valence-corrected chi connectivity index (χ0v) is 16.1. The van der Waals surface area contributed by atoms with Gasteiger partial charge in [-0.05, 0) is 41.4 Å². The van der Waals surface area contributed by atoms with Crippen molar-refractivity contribution in [3.63, 3.8) is 0 Å². The number of sulfonamides is 1. The fourth-order valence-corrected chi connectivity index (χ4v) is 3.67. The van der Waals surface area contributed by atoms with Crippen LogP contribution in [-0.4, -0.2) is 39.0 Å². The van der Waals surface area contributed by atoms with E-state index in [4.69, 9.17) is 9.47 Å². The predicted octanol–water partition coefficient (Wildman–Crippen LogP) is 2.34. The summed E-state index contributed by atoms with van der Waals surface area (Å²) in [6.45, 7) is 2.82. The Kier molecular flexibility index (Phi) is 6.25. The third-order valence-corrected chi connectivity index (χ3v) is 5.68. The van der Waals surface area contributed by atoms with E-state index in [2.05, 4.69) is 25.8 Å². The van der Waals surface area contributed by atoms with Crippen molar-refractivity contribution in [2.45, 2.75) is 24.8 Å². The highest BCUT2D eigenvalue weighted by Gasteiger charge is 2.19. The van der Waals surface area contributed by atoms with Crippen LogP contribution in [0.1, 0.15) is 12.1 Å². The van der Waals surface area contributed by atoms with Crippen LogP contribution in [0.4, 0.5) is 0 Å². The molecule has 0 radical (unpaired) electrons. The number of nitrogens with zero attached hydrogens (tertiary/aromatic N) is 2. The molecule has 0 saturated carbocycles. The van der Waals surface area contributed by atoms with Crippen molar-refractivity contribution in [1.82, 2.24) is 14.5 Å². The topological polar surface area (TPSA) is 82.5 Å². The molecule has 9 heteroatoms. The van der Waals surface area contributed by atoms with E-state index in [0.717, 1.165) is 10.2 Å². The number of halogens is 1. The summed E-state index contributed by atoms with van der Waals surface area (Å²) in [5.74, 6) is 0.777. The van der Waals surface area contributed by atoms with Gasteiger partial charge in [-0.1, -0.05) is 0 Å². The van der Waals surface area contributed by atoms with E-state index in [-0.39, 0.29) is 10.6 Å². The average molecular weight is 418 g/mol. The molecule has 0 aliphatic carbocycles. The van der Waals surface area contributed by atoms with Crippen LogP contribution in [0.15, 0.2) is 33.8 Å². The Morgan fingerprint density at radius 3 is 2.62 bits per heavy atom. The highest BCUT2D eigenvalue weighted by Crippen LogP contribution is 2.28. The molecule has 0 aliphatic heterocycles. The molecule has 1 aromatic heterocycles. The van der Waals surface area contributed by atoms with Gasteiger partial charge in [0.1, 0.15) is 16.4 Å². The van der Waals surface area contributed by atoms with Crippen LogP contribution < -0.4 is 14.2 Å². The summed E-state index contributed by atoms with van der Waals surface area (Å²) in [7, 11) is -0.722. The van der Waals surface area contributed by atoms with E-state index < -0.39 is 10.0 Å². The molecule has 24 heavy (non-hydrogen) atoms. The van der Waals surface area contributed by atoms with Crippen LogP contribution in [-0.2, 0) is 16.6 Å². The minimum Gasteiger partial charge on any atom is -0.497 e. The number of hydrogen-bond donors (Lipinski definition) is 1. The maximum atomic E-state index is 12.4. The maximum Gasteiger partial charge on any atom is 0.244 e. The standard InChI is InChI=1S/C15H20BrN3O4S/c1-11-13(16)10-19(18-11)8-4-7-17-24(20,21)15-6-5-12(22-2)9-14(15)23-3/h5-6,9-10,17H,4,7-8H2,1-3H3. The number of rotatable bonds is 8. The Morgan fingerprint density at radius 2 is 2.04 bits per heavy atom. The van der Waals surface area contributed by atoms with Gasteiger partial charge < -0.3 is 9.47 Å². The maximum absolute atomic E-state index is 12.4. The van der Waals surface area contributed by atoms with Gasteiger partial charge in [-0.25, -0.2) is 13.1 Å². The molecule has 132 valence electrons. The van der Waals surface area contributed by atoms with Crippen molar-refractivity contribution in [3.8, 4) is 11.5 Å². The summed E-state index contributed by atoms with van der Waals surface area (Å²) in [6.07, 6.45) is 2.49. The minimum absolute atomic E-state index is 0.0866. The molecule has 0 bridgehead atoms. The normalized spacial score (nSPS) is 11.5. The molecule has 2 rings (SSSR count). The third-order valence-electron chi connectivity index (χ3n) is 3.40. The largest absolute Gasteiger partial charge is 0.497 e. The fraction of sp³-hybridized carbons (Fsp3) is 0.400. The summed E-state index contributed by atoms with van der Waals surface area (Å²) in [5, 5.41) is 4.31. The summed E-state index contributed by atoms with van der Waals surface area (Å²) >= 11 is 3.40. The number of hydrogen-bond acceptors (Lipinski definition) is 5. The van der Waals surface area contributed by atoms with E-state index in [1.165, 1.54) is 20.3 Å². The Bertz CT molecular complexity index is 786. The van der Waals surface area contributed by atoms with Gasteiger partial charge in [-0.15, -0.1) is 0 Å². The summed E-state index contributed by atoms with van der Waals surface area (Å²) < 4.78 is 40.4. The van der Waals surface area contributed by atoms with Gasteiger partial charge in [0, 0.05) is 25.4 Å². The molecule has 0 amide bonds. The predicted molar refractivity (Wildman–Crippen MR) is 94.0 cm³/mol. The van der Waals surface area contributed by atoms with Gasteiger partial charge in [0.15, 0.2) is 0 Å². The van der Waals surface area contributed by atoms with Crippen molar-refractivity contribution in [1.29, 1.82) is 0 Å². The van der Waals surface area contributed by atoms with E-state index >= 15 is 0 Å². The molecule has 1 aromatic carbocycles. The van der Waals surface area contributed by atoms with Crippen LogP contribution >= 0.6 is 15.9 Å². The van der Waals surface area contributed by atoms with Crippen molar-refractivity contribution >= 4 is 26.0 Å². The van der Waals surface area contributed by atoms with E-state index in [1.54, 1.807) is 16.8 Å². The van der Waals surface area contributed by atoms with Gasteiger partial charge in [0.05, 0.1) is 24.4 Å². The molecule has 0 unspecified atom stereocenters. The molecular formula is C15H20BrN3O4S. The lowest BCUT2D eigenvalue weighted by molar-refractivity contribution is 0.386. The molecule has 7 nitrogen and oxygen atoms in total. The highest BCUT2D eigenvalue weighted by atomic mass is 79.9. The second-order valence-electron chi connectivity index (χ2n) is 5.09. The first kappa shape index (κ1) is 18.8. The van der Waals surface area contributed by atoms with Crippen molar-refractivity contribution in [3.05, 3.63) is 34.6 Å². The summed E-state index contributed by atoms with van der Waals surface area (Å²) in [6, 6.07) is 4.59. The second kappa shape index (κ2) is 8.00. The van der Waals surface area contributed by atoms with Gasteiger partial charge in [-0.2, -0.15) is 5.10 Å². The van der Waals surface area contributed by atoms with Crippen molar-refractivity contribution in [2.24, 2.45) is 0 Å². The lowest BCUT2D eigenvalue weighted by Crippen LogP contribution is -2.26. The smallest absolute Gasteiger partial charge is 0.244 e. The first-order chi connectivity index (χ1) is 11.4. The van der Waals surface area contributed by atoms with E-state index in [1.807, 2.05) is 13.1 Å². The second-order valence-corrected chi connectivity index (χ2v) is 7.68. The molecule has 0 aliphatic rings. The molecule has 0 fully saturated rings. The molecule has 0 atom stereocenters. The fourth-order valence-electron chi connectivity index (χ4n) is 2.13. The van der Waals surface area contributed by atoms with Gasteiger partial charge in [0.2, 0.25) is 10.0 Å². The van der Waals surface area contributed by atoms with Crippen molar-refractivity contribution in [2.75, 3.05) is 20.8 Å². The molecule has 1 N–H and O–H groups in total. The Labute approximate surface area is 150 Å². The first-order valence-electron chi connectivity index (χ1n) is 7.28. The van der Waals surface area contributed by atoms with Crippen molar-refractivity contribution < 1.29 is 17.9 Å². The van der Waals surface area contributed by atoms with E-state index in [0.29, 0.717) is 25.3 Å². The minimum atomic E-state index is -3.65. The lowest BCUT2D eigenvalue weighted by Gasteiger charge is -2.12. The van der Waals surface area contributed by atoms with Gasteiger partial charge in [0.25, 0.3) is 0 Å². The highest BCUT2D eigenvalue weighted by molar-refractivity contribution is 9.10. The zero-order valence-electron chi connectivity index (χ0n) is 13.7. The SMILES string of the molecule is COc1ccc(S(=O)(=O)NCCCn2cc(Br)c(C)n2)c(OC)c1. The van der Waals surface area contributed by atoms with Gasteiger partial charge >= 0.3 is 0 Å². The number of aryl methyl sites for hydroxylation is 2. The number of benzene rings is 1. The first-order valence-corrected chi connectivity index (χ1v) is 9.56. The number of ether oxygens (including phenoxy) is 2. The summed E-state index contributed by atoms with van der Waals surface area (Å²) in [5.41, 5.74) is 0.901. The monoisotopic (exact) mass is 417 g/mol. The number of nitrogens with one attached hydrogen (secondary N) is 1. The lowest BCUT2D eigenvalue weighted by atomic mass is 10.3. The zero-order chi connectivity index (χ0) is 17.7. The molecular weight excluding hydrogens is 398 g/mol. The van der Waals surface area contributed by atoms with Crippen LogP contribution in [0.5, 0.6) is 11.5 Å². The van der Waals surface area contributed by atoms with E-state index in [9.17, 15) is 8.42 Å². The molecule has 2 aromatic rings. The molecule has 0 spiro atoms. The van der Waals surface area contributed by atoms with Crippen LogP contribution in [0.2, 0.25) is 0 Å². The Balaban J connectivity index is 1.98. The van der Waals surface area contributed by atoms with Gasteiger partial charge in [-0.3, -0.25) is 4.68 Å². The van der Waals surface area contributed by atoms with Crippen LogP contribution in [0, 0.1) is 6.92 Å².